The van der Waals surface area contributed by atoms with Crippen LogP contribution >= 0.6 is 46.0 Å². The summed E-state index contributed by atoms with van der Waals surface area (Å²) >= 11 is 9.73. The number of amides is 1. The summed E-state index contributed by atoms with van der Waals surface area (Å²) in [5, 5.41) is 3.96. The predicted octanol–water partition coefficient (Wildman–Crippen LogP) is 6.73. The molecule has 0 saturated carbocycles. The lowest BCUT2D eigenvalue weighted by molar-refractivity contribution is -0.115. The number of thioether (sulfide) groups is 1. The molecule has 5 nitrogen and oxygen atoms in total. The van der Waals surface area contributed by atoms with Gasteiger partial charge in [0.2, 0.25) is 0 Å². The number of nitrogens with zero attached hydrogens (tertiary/aromatic N) is 1. The lowest BCUT2D eigenvalue weighted by Gasteiger charge is -2.11. The first-order chi connectivity index (χ1) is 15.9. The molecule has 1 aliphatic heterocycles. The van der Waals surface area contributed by atoms with Crippen LogP contribution in [0.25, 0.3) is 6.08 Å². The Morgan fingerprint density at radius 1 is 1.12 bits per heavy atom. The van der Waals surface area contributed by atoms with E-state index in [-0.39, 0.29) is 5.91 Å². The van der Waals surface area contributed by atoms with Crippen LogP contribution in [-0.2, 0) is 11.4 Å². The molecule has 0 unspecified atom stereocenters. The van der Waals surface area contributed by atoms with Crippen molar-refractivity contribution >= 4 is 68.8 Å². The summed E-state index contributed by atoms with van der Waals surface area (Å²) in [7, 11) is 1.60. The minimum Gasteiger partial charge on any atom is -0.493 e. The van der Waals surface area contributed by atoms with E-state index >= 15 is 0 Å². The van der Waals surface area contributed by atoms with Crippen molar-refractivity contribution in [3.63, 3.8) is 0 Å². The molecular weight excluding hydrogens is 571 g/mol. The fourth-order valence-electron chi connectivity index (χ4n) is 3.09. The number of aliphatic imine (C=N–C) groups is 1. The summed E-state index contributed by atoms with van der Waals surface area (Å²) in [5.41, 5.74) is 3.49. The van der Waals surface area contributed by atoms with Crippen molar-refractivity contribution in [2.75, 3.05) is 7.11 Å². The molecule has 3 aromatic rings. The number of ether oxygens (including phenoxy) is 2. The molecule has 33 heavy (non-hydrogen) atoms. The number of amidine groups is 1. The third kappa shape index (κ3) is 5.90. The summed E-state index contributed by atoms with van der Waals surface area (Å²) < 4.78 is 12.6. The molecular formula is C25H20ClIN2O3S. The van der Waals surface area contributed by atoms with Crippen LogP contribution in [-0.4, -0.2) is 18.2 Å². The number of methoxy groups -OCH3 is 1. The highest BCUT2D eigenvalue weighted by molar-refractivity contribution is 14.1. The smallest absolute Gasteiger partial charge is 0.264 e. The molecule has 1 heterocycles. The van der Waals surface area contributed by atoms with E-state index in [1.807, 2.05) is 67.6 Å². The lowest BCUT2D eigenvalue weighted by atomic mass is 10.2. The Morgan fingerprint density at radius 3 is 2.67 bits per heavy atom. The van der Waals surface area contributed by atoms with Crippen molar-refractivity contribution in [1.82, 2.24) is 5.32 Å². The highest BCUT2D eigenvalue weighted by atomic mass is 127. The Kier molecular flexibility index (Phi) is 7.62. The van der Waals surface area contributed by atoms with E-state index in [0.717, 1.165) is 22.4 Å². The number of rotatable bonds is 6. The fraction of sp³-hybridized carbons (Fsp3) is 0.120. The Morgan fingerprint density at radius 2 is 1.91 bits per heavy atom. The zero-order valence-electron chi connectivity index (χ0n) is 17.9. The Labute approximate surface area is 215 Å². The monoisotopic (exact) mass is 590 g/mol. The van der Waals surface area contributed by atoms with Gasteiger partial charge in [-0.3, -0.25) is 4.79 Å². The van der Waals surface area contributed by atoms with Gasteiger partial charge in [-0.05, 0) is 100 Å². The van der Waals surface area contributed by atoms with Gasteiger partial charge in [0, 0.05) is 8.59 Å². The van der Waals surface area contributed by atoms with Gasteiger partial charge in [-0.25, -0.2) is 4.99 Å². The quantitative estimate of drug-likeness (QED) is 0.255. The van der Waals surface area contributed by atoms with Crippen LogP contribution in [0.5, 0.6) is 11.5 Å². The Balaban J connectivity index is 1.50. The second kappa shape index (κ2) is 10.6. The maximum absolute atomic E-state index is 12.5. The first-order valence-corrected chi connectivity index (χ1v) is 12.3. The largest absolute Gasteiger partial charge is 0.493 e. The first-order valence-electron chi connectivity index (χ1n) is 10.0. The van der Waals surface area contributed by atoms with Gasteiger partial charge in [-0.15, -0.1) is 0 Å². The van der Waals surface area contributed by atoms with Gasteiger partial charge in [-0.2, -0.15) is 0 Å². The summed E-state index contributed by atoms with van der Waals surface area (Å²) in [6.45, 7) is 2.34. The van der Waals surface area contributed by atoms with E-state index in [0.29, 0.717) is 33.2 Å². The third-order valence-electron chi connectivity index (χ3n) is 4.91. The number of hydrogen-bond acceptors (Lipinski definition) is 5. The fourth-order valence-corrected chi connectivity index (χ4v) is 4.46. The van der Waals surface area contributed by atoms with Crippen molar-refractivity contribution in [2.45, 2.75) is 13.5 Å². The highest BCUT2D eigenvalue weighted by Crippen LogP contribution is 2.33. The molecule has 1 N–H and O–H groups in total. The number of carbonyl (C=O) groups is 1. The summed E-state index contributed by atoms with van der Waals surface area (Å²) in [6.07, 6.45) is 1.80. The van der Waals surface area contributed by atoms with Crippen LogP contribution < -0.4 is 14.8 Å². The zero-order valence-corrected chi connectivity index (χ0v) is 21.6. The molecule has 0 bridgehead atoms. The maximum Gasteiger partial charge on any atom is 0.264 e. The standard InChI is InChI=1S/C25H20ClIN2O3S/c1-15-19(26)4-3-5-20(15)28-25-29-24(30)23(33-25)13-17-8-11-21(22(12-17)31-2)32-14-16-6-9-18(27)10-7-16/h3-13H,14H2,1-2H3,(H,28,29,30)/b23-13-. The van der Waals surface area contributed by atoms with Gasteiger partial charge in [0.1, 0.15) is 6.61 Å². The van der Waals surface area contributed by atoms with Crippen molar-refractivity contribution in [3.05, 3.63) is 90.9 Å². The molecule has 168 valence electrons. The van der Waals surface area contributed by atoms with E-state index in [1.54, 1.807) is 13.2 Å². The van der Waals surface area contributed by atoms with Gasteiger partial charge in [0.05, 0.1) is 17.7 Å². The van der Waals surface area contributed by atoms with Gasteiger partial charge in [0.25, 0.3) is 5.91 Å². The van der Waals surface area contributed by atoms with Crippen LogP contribution in [0.3, 0.4) is 0 Å². The topological polar surface area (TPSA) is 59.9 Å². The van der Waals surface area contributed by atoms with Crippen LogP contribution in [0.1, 0.15) is 16.7 Å². The van der Waals surface area contributed by atoms with Crippen molar-refractivity contribution in [2.24, 2.45) is 4.99 Å². The van der Waals surface area contributed by atoms with Crippen LogP contribution in [0.4, 0.5) is 5.69 Å². The molecule has 0 spiro atoms. The van der Waals surface area contributed by atoms with Crippen molar-refractivity contribution < 1.29 is 14.3 Å². The van der Waals surface area contributed by atoms with Crippen LogP contribution in [0, 0.1) is 10.5 Å². The lowest BCUT2D eigenvalue weighted by Crippen LogP contribution is -2.19. The van der Waals surface area contributed by atoms with Gasteiger partial charge >= 0.3 is 0 Å². The van der Waals surface area contributed by atoms with Gasteiger partial charge in [-0.1, -0.05) is 35.9 Å². The summed E-state index contributed by atoms with van der Waals surface area (Å²) in [5.74, 6) is 1.04. The van der Waals surface area contributed by atoms with Crippen molar-refractivity contribution in [1.29, 1.82) is 0 Å². The van der Waals surface area contributed by atoms with Crippen LogP contribution in [0.2, 0.25) is 5.02 Å². The Bertz CT molecular complexity index is 1260. The molecule has 1 saturated heterocycles. The zero-order chi connectivity index (χ0) is 23.4. The van der Waals surface area contributed by atoms with E-state index in [2.05, 4.69) is 32.9 Å². The van der Waals surface area contributed by atoms with E-state index in [1.165, 1.54) is 15.3 Å². The number of nitrogens with one attached hydrogen (secondary N) is 1. The molecule has 4 rings (SSSR count). The summed E-state index contributed by atoms with van der Waals surface area (Å²) in [6, 6.07) is 19.3. The number of benzene rings is 3. The number of halogens is 2. The average Bonchev–Trinajstić information content (AvgIpc) is 3.15. The van der Waals surface area contributed by atoms with E-state index in [4.69, 9.17) is 21.1 Å². The van der Waals surface area contributed by atoms with E-state index < -0.39 is 0 Å². The highest BCUT2D eigenvalue weighted by Gasteiger charge is 2.24. The first kappa shape index (κ1) is 23.7. The second-order valence-electron chi connectivity index (χ2n) is 7.19. The second-order valence-corrected chi connectivity index (χ2v) is 9.87. The van der Waals surface area contributed by atoms with Gasteiger partial charge in [0.15, 0.2) is 16.7 Å². The summed E-state index contributed by atoms with van der Waals surface area (Å²) in [4.78, 5) is 17.6. The molecule has 0 atom stereocenters. The minimum atomic E-state index is -0.198. The maximum atomic E-state index is 12.5. The minimum absolute atomic E-state index is 0.198. The molecule has 3 aromatic carbocycles. The molecule has 1 amide bonds. The molecule has 8 heteroatoms. The normalized spacial score (nSPS) is 15.7. The number of carbonyl (C=O) groups excluding carboxylic acids is 1. The van der Waals surface area contributed by atoms with Gasteiger partial charge < -0.3 is 14.8 Å². The molecule has 0 aliphatic carbocycles. The molecule has 1 aliphatic rings. The predicted molar refractivity (Wildman–Crippen MR) is 143 cm³/mol. The third-order valence-corrected chi connectivity index (χ3v) is 6.94. The van der Waals surface area contributed by atoms with Crippen molar-refractivity contribution in [3.8, 4) is 11.5 Å². The molecule has 1 fully saturated rings. The van der Waals surface area contributed by atoms with Crippen LogP contribution in [0.15, 0.2) is 70.6 Å². The Hall–Kier alpha value is -2.49. The molecule has 0 radical (unpaired) electrons. The SMILES string of the molecule is COc1cc(/C=C2\SC(=Nc3cccc(Cl)c3C)NC2=O)ccc1OCc1ccc(I)cc1. The molecule has 0 aromatic heterocycles. The average molecular weight is 591 g/mol. The van der Waals surface area contributed by atoms with E-state index in [9.17, 15) is 4.79 Å². The number of hydrogen-bond donors (Lipinski definition) is 1.